The molecule has 14 atom stereocenters. The third-order valence-corrected chi connectivity index (χ3v) is 37.2. The number of allylic oxidation sites excluding steroid dienone is 4. The molecular weight excluding hydrogens is 1440 g/mol. The minimum atomic E-state index is -0.116. The van der Waals surface area contributed by atoms with E-state index >= 15 is 0 Å². The summed E-state index contributed by atoms with van der Waals surface area (Å²) in [6.07, 6.45) is 90.1. The van der Waals surface area contributed by atoms with E-state index in [9.17, 15) is 9.59 Å². The van der Waals surface area contributed by atoms with Crippen LogP contribution in [0.15, 0.2) is 21.2 Å². The first-order valence-electron chi connectivity index (χ1n) is 52.5. The van der Waals surface area contributed by atoms with Crippen LogP contribution in [0.25, 0.3) is 0 Å². The fourth-order valence-corrected chi connectivity index (χ4v) is 30.7. The first kappa shape index (κ1) is 91.0. The molecule has 14 unspecified atom stereocenters. The molecule has 12 saturated carbocycles. The summed E-state index contributed by atoms with van der Waals surface area (Å²) in [5.74, 6) is 16.1. The second-order valence-corrected chi connectivity index (χ2v) is 43.7. The smallest absolute Gasteiger partial charge is 0.202 e. The van der Waals surface area contributed by atoms with Gasteiger partial charge in [-0.1, -0.05) is 244 Å². The van der Waals surface area contributed by atoms with Crippen molar-refractivity contribution in [1.82, 2.24) is 0 Å². The van der Waals surface area contributed by atoms with Crippen LogP contribution in [-0.2, 0) is 28.5 Å². The minimum Gasteiger partial charge on any atom is -0.378 e. The predicted octanol–water partition coefficient (Wildman–Crippen LogP) is 31.2. The number of carbonyl (C=O) groups excluding carboxylic acids is 2. The molecule has 652 valence electrons. The van der Waals surface area contributed by atoms with Crippen molar-refractivity contribution in [3.63, 3.8) is 0 Å². The van der Waals surface area contributed by atoms with E-state index in [1.165, 1.54) is 372 Å². The summed E-state index contributed by atoms with van der Waals surface area (Å²) < 4.78 is 29.3. The summed E-state index contributed by atoms with van der Waals surface area (Å²) in [5.41, 5.74) is 1.13. The molecule has 0 aromatic carbocycles. The van der Waals surface area contributed by atoms with Gasteiger partial charge in [0.2, 0.25) is 11.6 Å². The van der Waals surface area contributed by atoms with Crippen LogP contribution in [-0.4, -0.2) is 62.4 Å². The molecule has 0 aliphatic heterocycles. The summed E-state index contributed by atoms with van der Waals surface area (Å²) in [6.45, 7) is 13.2. The average Bonchev–Trinajstić information content (AvgIpc) is 0.760. The van der Waals surface area contributed by atoms with E-state index in [1.54, 1.807) is 0 Å². The highest BCUT2D eigenvalue weighted by molar-refractivity contribution is 6.56. The quantitative estimate of drug-likeness (QED) is 0.0448. The Labute approximate surface area is 712 Å². The molecule has 0 radical (unpaired) electrons. The third kappa shape index (κ3) is 24.9. The maximum Gasteiger partial charge on any atom is 0.202 e. The Balaban J connectivity index is 0.544. The lowest BCUT2D eigenvalue weighted by molar-refractivity contribution is -0.137. The Morgan fingerprint density at radius 3 is 0.719 bits per heavy atom. The van der Waals surface area contributed by atoms with E-state index < -0.39 is 0 Å². The van der Waals surface area contributed by atoms with Crippen molar-refractivity contribution in [3.8, 4) is 0 Å². The van der Waals surface area contributed by atoms with E-state index in [2.05, 4.69) is 27.7 Å². The molecule has 0 amide bonds. The Morgan fingerprint density at radius 1 is 0.219 bits per heavy atom. The number of hydrogen-bond donors (Lipinski definition) is 0. The maximum absolute atomic E-state index is 14.6. The van der Waals surface area contributed by atoms with Gasteiger partial charge < -0.3 is 18.9 Å². The van der Waals surface area contributed by atoms with E-state index in [-0.39, 0.29) is 33.5 Å². The minimum absolute atomic E-state index is 0.0427. The van der Waals surface area contributed by atoms with Gasteiger partial charge in [0.05, 0.1) is 34.5 Å². The van der Waals surface area contributed by atoms with Gasteiger partial charge in [0.1, 0.15) is 0 Å². The van der Waals surface area contributed by atoms with Crippen molar-refractivity contribution in [2.45, 2.75) is 476 Å². The standard InChI is InChI=1S/C106H178Cl2O6/c1-5-9-13-17-21-29-67-111-97-73-95(91-41-33-37-83-35-25-27-39-89(83)91)99(113-69-31-23-19-15-11-7-3)71-93(97)85-59-51-79(52-60-85)75-43-47-77(48-44-75)81-55-63-87(64-56-81)101-103(107)106(110)102(104(108)105(101)109)88-65-57-82(58-66-88)78-49-45-76(46-50-78)80-53-61-86(62-54-80)94-72-100(114-70-32-24-20-16-12-8-4)96(74-98(94)112-68-30-22-18-14-10-6-2)92-42-34-38-84-36-26-28-40-90(84)92/h75-100H,5-74H2,1-4H3. The van der Waals surface area contributed by atoms with Crippen molar-refractivity contribution in [2.75, 3.05) is 26.4 Å². The van der Waals surface area contributed by atoms with Crippen LogP contribution in [0.4, 0.5) is 0 Å². The molecule has 0 aromatic heterocycles. The summed E-state index contributed by atoms with van der Waals surface area (Å²) >= 11 is 14.5. The molecule has 6 nitrogen and oxygen atoms in total. The van der Waals surface area contributed by atoms with Crippen LogP contribution in [0.5, 0.6) is 0 Å². The van der Waals surface area contributed by atoms with Gasteiger partial charge in [-0.3, -0.25) is 9.59 Å². The fourth-order valence-electron chi connectivity index (χ4n) is 30.0. The van der Waals surface area contributed by atoms with E-state index in [4.69, 9.17) is 42.1 Å². The SMILES string of the molecule is CCCCCCCCOC1CC(C2CCCC3CCCCC32)C(OCCCCCCCC)CC1C1CCC(C2CCC(C3CCC(C4=C(Cl)C(=O)C(C5CCC(C6CCC(C7CCC(C8CC(OCCCCCCCC)C(C9CCCC%10CCCCC%109)CC8OCCCCCCCC)CC7)CC6)CC5)=C(Cl)C4=O)CC3)CC2)CC1. The number of carbonyl (C=O) groups is 2. The number of rotatable bonds is 42. The fraction of sp³-hybridized carbons (Fsp3) is 0.943. The molecule has 114 heavy (non-hydrogen) atoms. The second kappa shape index (κ2) is 48.5. The molecule has 0 heterocycles. The van der Waals surface area contributed by atoms with Crippen molar-refractivity contribution >= 4 is 34.8 Å². The zero-order valence-corrected chi connectivity index (χ0v) is 76.2. The number of ether oxygens (including phenoxy) is 4. The molecule has 13 aliphatic rings. The zero-order chi connectivity index (χ0) is 78.8. The first-order valence-corrected chi connectivity index (χ1v) is 53.2. The lowest BCUT2D eigenvalue weighted by Gasteiger charge is -2.52. The van der Waals surface area contributed by atoms with Gasteiger partial charge in [0.25, 0.3) is 0 Å². The van der Waals surface area contributed by atoms with Gasteiger partial charge in [0.15, 0.2) is 0 Å². The topological polar surface area (TPSA) is 71.1 Å². The Bertz CT molecular complexity index is 2590. The molecule has 13 aliphatic carbocycles. The normalized spacial score (nSPS) is 38.9. The summed E-state index contributed by atoms with van der Waals surface area (Å²) in [7, 11) is 0. The molecule has 0 N–H and O–H groups in total. The van der Waals surface area contributed by atoms with Crippen LogP contribution < -0.4 is 0 Å². The molecule has 0 spiro atoms. The van der Waals surface area contributed by atoms with Gasteiger partial charge in [-0.15, -0.1) is 0 Å². The van der Waals surface area contributed by atoms with Crippen LogP contribution in [0, 0.1) is 130 Å². The van der Waals surface area contributed by atoms with E-state index in [0.717, 1.165) is 161 Å². The van der Waals surface area contributed by atoms with Gasteiger partial charge in [0, 0.05) is 37.6 Å². The molecule has 12 fully saturated rings. The van der Waals surface area contributed by atoms with Crippen molar-refractivity contribution in [1.29, 1.82) is 0 Å². The molecule has 0 bridgehead atoms. The molecule has 8 heteroatoms. The summed E-state index contributed by atoms with van der Waals surface area (Å²) in [6, 6.07) is 0. The predicted molar refractivity (Wildman–Crippen MR) is 479 cm³/mol. The number of unbranched alkanes of at least 4 members (excludes halogenated alkanes) is 20. The summed E-state index contributed by atoms with van der Waals surface area (Å²) in [4.78, 5) is 29.2. The van der Waals surface area contributed by atoms with Crippen LogP contribution in [0.2, 0.25) is 0 Å². The van der Waals surface area contributed by atoms with Crippen LogP contribution in [0.1, 0.15) is 451 Å². The monoisotopic (exact) mass is 1620 g/mol. The van der Waals surface area contributed by atoms with Crippen LogP contribution in [0.3, 0.4) is 0 Å². The third-order valence-electron chi connectivity index (χ3n) is 36.5. The van der Waals surface area contributed by atoms with Crippen molar-refractivity contribution < 1.29 is 28.5 Å². The average molecular weight is 1620 g/mol. The highest BCUT2D eigenvalue weighted by Gasteiger charge is 2.53. The largest absolute Gasteiger partial charge is 0.378 e. The highest BCUT2D eigenvalue weighted by atomic mass is 35.5. The van der Waals surface area contributed by atoms with E-state index in [1.807, 2.05) is 0 Å². The first-order chi connectivity index (χ1) is 56.1. The van der Waals surface area contributed by atoms with Gasteiger partial charge in [-0.2, -0.15) is 0 Å². The van der Waals surface area contributed by atoms with Crippen molar-refractivity contribution in [2.24, 2.45) is 130 Å². The number of ketones is 2. The van der Waals surface area contributed by atoms with E-state index in [0.29, 0.717) is 71.1 Å². The number of Topliss-reactive ketones (excluding diaryl/α,β-unsaturated/α-hetero) is 2. The molecule has 0 aromatic rings. The molecular formula is C106H178Cl2O6. The van der Waals surface area contributed by atoms with Crippen LogP contribution >= 0.6 is 23.2 Å². The highest BCUT2D eigenvalue weighted by Crippen LogP contribution is 2.58. The zero-order valence-electron chi connectivity index (χ0n) is 74.7. The summed E-state index contributed by atoms with van der Waals surface area (Å²) in [5, 5.41) is 0.440. The number of halogens is 2. The van der Waals surface area contributed by atoms with Gasteiger partial charge >= 0.3 is 0 Å². The van der Waals surface area contributed by atoms with Gasteiger partial charge in [-0.25, -0.2) is 0 Å². The Kier molecular flexibility index (Phi) is 38.7. The Morgan fingerprint density at radius 2 is 0.430 bits per heavy atom. The molecule has 13 rings (SSSR count). The lowest BCUT2D eigenvalue weighted by Crippen LogP contribution is -2.50. The Hall–Kier alpha value is -0.760. The number of hydrogen-bond acceptors (Lipinski definition) is 6. The lowest BCUT2D eigenvalue weighted by atomic mass is 9.57. The van der Waals surface area contributed by atoms with Crippen molar-refractivity contribution in [3.05, 3.63) is 21.2 Å². The molecule has 0 saturated heterocycles. The maximum atomic E-state index is 14.6. The second-order valence-electron chi connectivity index (χ2n) is 42.9. The van der Waals surface area contributed by atoms with Gasteiger partial charge in [-0.05, 0) is 361 Å². The number of fused-ring (bicyclic) bond motifs is 2.